The van der Waals surface area contributed by atoms with Gasteiger partial charge in [-0.15, -0.1) is 6.42 Å². The Balaban J connectivity index is 1.49. The number of carbonyl (C=O) groups is 3. The molecule has 33 heavy (non-hydrogen) atoms. The monoisotopic (exact) mass is 439 g/mol. The minimum Gasteiger partial charge on any atom is -0.344 e. The van der Waals surface area contributed by atoms with Crippen molar-refractivity contribution in [3.05, 3.63) is 83.4 Å². The fourth-order valence-corrected chi connectivity index (χ4v) is 3.97. The summed E-state index contributed by atoms with van der Waals surface area (Å²) in [4.78, 5) is 37.3. The van der Waals surface area contributed by atoms with E-state index in [0.717, 1.165) is 29.2 Å². The molecule has 1 fully saturated rings. The second-order valence-corrected chi connectivity index (χ2v) is 8.26. The Morgan fingerprint density at radius 3 is 2.42 bits per heavy atom. The fourth-order valence-electron chi connectivity index (χ4n) is 3.97. The van der Waals surface area contributed by atoms with Gasteiger partial charge in [0.25, 0.3) is 5.91 Å². The molecule has 0 heterocycles. The molecule has 0 unspecified atom stereocenters. The summed E-state index contributed by atoms with van der Waals surface area (Å²) in [6.45, 7) is 1.65. The Morgan fingerprint density at radius 2 is 1.67 bits per heavy atom. The number of nitrogens with one attached hydrogen (secondary N) is 3. The van der Waals surface area contributed by atoms with Gasteiger partial charge in [0, 0.05) is 12.1 Å². The minimum atomic E-state index is -0.810. The molecule has 4 rings (SSSR count). The van der Waals surface area contributed by atoms with E-state index in [1.807, 2.05) is 18.2 Å². The molecule has 1 saturated carbocycles. The van der Waals surface area contributed by atoms with Crippen molar-refractivity contribution in [2.75, 3.05) is 0 Å². The average Bonchev–Trinajstić information content (AvgIpc) is 3.62. The van der Waals surface area contributed by atoms with E-state index in [4.69, 9.17) is 6.42 Å². The van der Waals surface area contributed by atoms with Crippen LogP contribution < -0.4 is 16.0 Å². The smallest absolute Gasteiger partial charge is 0.310 e. The molecule has 3 amide bonds. The number of hydrogen-bond acceptors (Lipinski definition) is 3. The predicted molar refractivity (Wildman–Crippen MR) is 127 cm³/mol. The van der Waals surface area contributed by atoms with Gasteiger partial charge in [0.1, 0.15) is 0 Å². The highest BCUT2D eigenvalue weighted by Gasteiger charge is 2.46. The number of amides is 3. The van der Waals surface area contributed by atoms with E-state index in [1.54, 1.807) is 31.2 Å². The average molecular weight is 440 g/mol. The molecule has 6 nitrogen and oxygen atoms in total. The molecule has 6 heteroatoms. The van der Waals surface area contributed by atoms with Crippen LogP contribution in [0.15, 0.2) is 66.7 Å². The van der Waals surface area contributed by atoms with Crippen LogP contribution in [-0.2, 0) is 21.7 Å². The lowest BCUT2D eigenvalue weighted by Crippen LogP contribution is -2.43. The van der Waals surface area contributed by atoms with E-state index in [9.17, 15) is 14.4 Å². The van der Waals surface area contributed by atoms with E-state index in [0.29, 0.717) is 11.1 Å². The SMILES string of the molecule is C#C[C@@H](C)NC(=O)C(=O)NCc1ccccc1C(=O)NC1(c2cccc3ccccc23)CC1. The lowest BCUT2D eigenvalue weighted by atomic mass is 9.96. The molecule has 3 N–H and O–H groups in total. The molecule has 0 saturated heterocycles. The van der Waals surface area contributed by atoms with Gasteiger partial charge >= 0.3 is 11.8 Å². The number of rotatable bonds is 6. The molecule has 166 valence electrons. The summed E-state index contributed by atoms with van der Waals surface area (Å²) < 4.78 is 0. The fraction of sp³-hybridized carbons (Fsp3) is 0.222. The maximum atomic E-state index is 13.3. The van der Waals surface area contributed by atoms with Crippen LogP contribution in [0.2, 0.25) is 0 Å². The van der Waals surface area contributed by atoms with Crippen molar-refractivity contribution >= 4 is 28.5 Å². The van der Waals surface area contributed by atoms with E-state index in [1.165, 1.54) is 0 Å². The van der Waals surface area contributed by atoms with Crippen LogP contribution in [0, 0.1) is 12.3 Å². The number of hydrogen-bond donors (Lipinski definition) is 3. The zero-order valence-corrected chi connectivity index (χ0v) is 18.4. The first-order valence-corrected chi connectivity index (χ1v) is 10.9. The maximum Gasteiger partial charge on any atom is 0.310 e. The van der Waals surface area contributed by atoms with Gasteiger partial charge < -0.3 is 16.0 Å². The Labute approximate surface area is 192 Å². The van der Waals surface area contributed by atoms with Gasteiger partial charge in [-0.1, -0.05) is 66.6 Å². The molecule has 3 aromatic rings. The van der Waals surface area contributed by atoms with Crippen LogP contribution in [-0.4, -0.2) is 23.8 Å². The summed E-state index contributed by atoms with van der Waals surface area (Å²) >= 11 is 0. The molecule has 1 aliphatic carbocycles. The van der Waals surface area contributed by atoms with Crippen LogP contribution in [0.4, 0.5) is 0 Å². The Bertz CT molecular complexity index is 1270. The Morgan fingerprint density at radius 1 is 0.970 bits per heavy atom. The highest BCUT2D eigenvalue weighted by Crippen LogP contribution is 2.48. The lowest BCUT2D eigenvalue weighted by Gasteiger charge is -2.21. The van der Waals surface area contributed by atoms with Gasteiger partial charge in [0.05, 0.1) is 11.6 Å². The Hall–Kier alpha value is -4.11. The second-order valence-electron chi connectivity index (χ2n) is 8.26. The van der Waals surface area contributed by atoms with Crippen molar-refractivity contribution in [1.82, 2.24) is 16.0 Å². The second kappa shape index (κ2) is 9.17. The van der Waals surface area contributed by atoms with Gasteiger partial charge in [0.2, 0.25) is 0 Å². The highest BCUT2D eigenvalue weighted by molar-refractivity contribution is 6.35. The molecule has 0 radical (unpaired) electrons. The quantitative estimate of drug-likeness (QED) is 0.408. The van der Waals surface area contributed by atoms with Crippen molar-refractivity contribution in [2.45, 2.75) is 37.9 Å². The topological polar surface area (TPSA) is 87.3 Å². The van der Waals surface area contributed by atoms with Crippen LogP contribution in [0.3, 0.4) is 0 Å². The van der Waals surface area contributed by atoms with Crippen molar-refractivity contribution in [3.63, 3.8) is 0 Å². The number of terminal acetylenes is 1. The van der Waals surface area contributed by atoms with E-state index >= 15 is 0 Å². The molecule has 0 aliphatic heterocycles. The Kier molecular flexibility index (Phi) is 6.14. The molecule has 0 bridgehead atoms. The van der Waals surface area contributed by atoms with Crippen LogP contribution in [0.25, 0.3) is 10.8 Å². The van der Waals surface area contributed by atoms with Gasteiger partial charge in [0.15, 0.2) is 0 Å². The third-order valence-electron chi connectivity index (χ3n) is 5.91. The normalized spacial score (nSPS) is 14.5. The van der Waals surface area contributed by atoms with Crippen molar-refractivity contribution in [2.24, 2.45) is 0 Å². The van der Waals surface area contributed by atoms with Crippen molar-refractivity contribution < 1.29 is 14.4 Å². The van der Waals surface area contributed by atoms with E-state index < -0.39 is 23.4 Å². The van der Waals surface area contributed by atoms with Crippen LogP contribution in [0.1, 0.15) is 41.3 Å². The van der Waals surface area contributed by atoms with Gasteiger partial charge in [-0.25, -0.2) is 0 Å². The summed E-state index contributed by atoms with van der Waals surface area (Å²) in [5, 5.41) is 10.5. The summed E-state index contributed by atoms with van der Waals surface area (Å²) in [5.74, 6) is 0.510. The van der Waals surface area contributed by atoms with Gasteiger partial charge in [-0.2, -0.15) is 0 Å². The summed E-state index contributed by atoms with van der Waals surface area (Å²) in [5.41, 5.74) is 1.79. The zero-order chi connectivity index (χ0) is 23.4. The molecular weight excluding hydrogens is 414 g/mol. The first-order chi connectivity index (χ1) is 15.9. The van der Waals surface area contributed by atoms with Crippen LogP contribution >= 0.6 is 0 Å². The largest absolute Gasteiger partial charge is 0.344 e. The maximum absolute atomic E-state index is 13.3. The standard InChI is InChI=1S/C27H25N3O3/c1-3-18(2)29-26(33)25(32)28-17-20-10-5-7-13-22(20)24(31)30-27(15-16-27)23-14-8-11-19-9-4-6-12-21(19)23/h1,4-14,18H,15-17H2,2H3,(H,28,32)(H,29,33)(H,30,31)/t18-/m1/s1. The number of benzene rings is 3. The number of fused-ring (bicyclic) bond motifs is 1. The summed E-state index contributed by atoms with van der Waals surface area (Å²) in [6, 6.07) is 20.8. The van der Waals surface area contributed by atoms with Crippen LogP contribution in [0.5, 0.6) is 0 Å². The third-order valence-corrected chi connectivity index (χ3v) is 5.91. The third kappa shape index (κ3) is 4.73. The van der Waals surface area contributed by atoms with Gasteiger partial charge in [-0.05, 0) is 47.7 Å². The summed E-state index contributed by atoms with van der Waals surface area (Å²) in [6.07, 6.45) is 6.95. The molecular formula is C27H25N3O3. The molecule has 1 aliphatic rings. The predicted octanol–water partition coefficient (Wildman–Crippen LogP) is 3.01. The van der Waals surface area contributed by atoms with Crippen molar-refractivity contribution in [1.29, 1.82) is 0 Å². The van der Waals surface area contributed by atoms with E-state index in [-0.39, 0.29) is 12.5 Å². The first kappa shape index (κ1) is 22.1. The molecule has 0 aromatic heterocycles. The molecule has 3 aromatic carbocycles. The minimum absolute atomic E-state index is 0.0432. The first-order valence-electron chi connectivity index (χ1n) is 10.9. The highest BCUT2D eigenvalue weighted by atomic mass is 16.2. The molecule has 0 spiro atoms. The van der Waals surface area contributed by atoms with Crippen molar-refractivity contribution in [3.8, 4) is 12.3 Å². The zero-order valence-electron chi connectivity index (χ0n) is 18.4. The lowest BCUT2D eigenvalue weighted by molar-refractivity contribution is -0.139. The van der Waals surface area contributed by atoms with Gasteiger partial charge in [-0.3, -0.25) is 14.4 Å². The number of carbonyl (C=O) groups excluding carboxylic acids is 3. The van der Waals surface area contributed by atoms with E-state index in [2.05, 4.69) is 46.1 Å². The summed E-state index contributed by atoms with van der Waals surface area (Å²) in [7, 11) is 0. The molecule has 1 atom stereocenters.